The van der Waals surface area contributed by atoms with Crippen LogP contribution in [0, 0.1) is 17.5 Å². The fourth-order valence-electron chi connectivity index (χ4n) is 3.54. The van der Waals surface area contributed by atoms with E-state index in [2.05, 4.69) is 10.2 Å². The fraction of sp³-hybridized carbons (Fsp3) is 0.588. The van der Waals surface area contributed by atoms with Gasteiger partial charge < -0.3 is 15.1 Å². The van der Waals surface area contributed by atoms with Gasteiger partial charge in [-0.05, 0) is 50.9 Å². The molecule has 2 fully saturated rings. The zero-order valence-corrected chi connectivity index (χ0v) is 13.5. The molecule has 2 saturated heterocycles. The Kier molecular flexibility index (Phi) is 5.28. The number of nitrogens with one attached hydrogen (secondary N) is 1. The Morgan fingerprint density at radius 1 is 1.04 bits per heavy atom. The minimum Gasteiger partial charge on any atom is -0.320 e. The van der Waals surface area contributed by atoms with Gasteiger partial charge in [0.25, 0.3) is 0 Å². The molecule has 3 rings (SSSR count). The number of carbonyl (C=O) groups is 1. The number of benzene rings is 1. The van der Waals surface area contributed by atoms with Gasteiger partial charge in [0.05, 0.1) is 5.69 Å². The third kappa shape index (κ3) is 3.66. The van der Waals surface area contributed by atoms with Gasteiger partial charge in [-0.15, -0.1) is 0 Å². The summed E-state index contributed by atoms with van der Waals surface area (Å²) in [6.45, 7) is 3.50. The van der Waals surface area contributed by atoms with Gasteiger partial charge in [-0.3, -0.25) is 0 Å². The lowest BCUT2D eigenvalue weighted by Gasteiger charge is -2.33. The Hall–Kier alpha value is -1.76. The van der Waals surface area contributed by atoms with Gasteiger partial charge in [0.2, 0.25) is 0 Å². The first-order chi connectivity index (χ1) is 11.6. The number of amides is 2. The second-order valence-corrected chi connectivity index (χ2v) is 6.50. The molecule has 1 N–H and O–H groups in total. The second kappa shape index (κ2) is 7.42. The third-order valence-electron chi connectivity index (χ3n) is 4.83. The lowest BCUT2D eigenvalue weighted by atomic mass is 10.1. The summed E-state index contributed by atoms with van der Waals surface area (Å²) in [4.78, 5) is 16.5. The summed E-state index contributed by atoms with van der Waals surface area (Å²) in [5, 5.41) is 2.37. The number of nitrogens with zero attached hydrogens (tertiary/aromatic N) is 2. The van der Waals surface area contributed by atoms with E-state index in [1.54, 1.807) is 4.90 Å². The van der Waals surface area contributed by atoms with Crippen LogP contribution in [-0.2, 0) is 0 Å². The van der Waals surface area contributed by atoms with Crippen LogP contribution in [0.3, 0.4) is 0 Å². The first-order valence-corrected chi connectivity index (χ1v) is 8.49. The summed E-state index contributed by atoms with van der Waals surface area (Å²) < 4.78 is 40.0. The number of carbonyl (C=O) groups excluding carboxylic acids is 1. The molecule has 1 aromatic carbocycles. The van der Waals surface area contributed by atoms with E-state index in [1.807, 2.05) is 0 Å². The van der Waals surface area contributed by atoms with Crippen molar-refractivity contribution in [2.45, 2.75) is 38.1 Å². The lowest BCUT2D eigenvalue weighted by Crippen LogP contribution is -2.46. The Bertz CT molecular complexity index is 605. The van der Waals surface area contributed by atoms with Crippen LogP contribution in [0.1, 0.15) is 32.1 Å². The molecule has 0 bridgehead atoms. The number of hydrogen-bond acceptors (Lipinski definition) is 2. The molecule has 2 aliphatic rings. The minimum atomic E-state index is -1.57. The van der Waals surface area contributed by atoms with Crippen molar-refractivity contribution in [1.82, 2.24) is 9.80 Å². The van der Waals surface area contributed by atoms with Gasteiger partial charge in [-0.2, -0.15) is 0 Å². The topological polar surface area (TPSA) is 35.6 Å². The number of piperidine rings is 1. The minimum absolute atomic E-state index is 0.0801. The van der Waals surface area contributed by atoms with Gasteiger partial charge in [0.15, 0.2) is 17.5 Å². The summed E-state index contributed by atoms with van der Waals surface area (Å²) in [7, 11) is 0. The first kappa shape index (κ1) is 17.1. The number of hydrogen-bond donors (Lipinski definition) is 1. The number of likely N-dealkylation sites (tertiary alicyclic amines) is 2. The quantitative estimate of drug-likeness (QED) is 0.853. The van der Waals surface area contributed by atoms with Gasteiger partial charge in [-0.25, -0.2) is 18.0 Å². The fourth-order valence-corrected chi connectivity index (χ4v) is 3.54. The monoisotopic (exact) mass is 341 g/mol. The van der Waals surface area contributed by atoms with Gasteiger partial charge in [0.1, 0.15) is 0 Å². The lowest BCUT2D eigenvalue weighted by molar-refractivity contribution is 0.161. The third-order valence-corrected chi connectivity index (χ3v) is 4.83. The molecule has 2 aliphatic heterocycles. The predicted molar refractivity (Wildman–Crippen MR) is 85.4 cm³/mol. The van der Waals surface area contributed by atoms with Gasteiger partial charge >= 0.3 is 6.03 Å². The van der Waals surface area contributed by atoms with E-state index >= 15 is 0 Å². The SMILES string of the molecule is O=C(Nc1ccc(F)c(F)c1F)N1CCCC1CN1CCCCC1. The maximum absolute atomic E-state index is 13.7. The molecule has 0 aliphatic carbocycles. The van der Waals surface area contributed by atoms with Crippen LogP contribution >= 0.6 is 0 Å². The van der Waals surface area contributed by atoms with E-state index in [9.17, 15) is 18.0 Å². The summed E-state index contributed by atoms with van der Waals surface area (Å²) in [6.07, 6.45) is 5.41. The van der Waals surface area contributed by atoms with Gasteiger partial charge in [0, 0.05) is 19.1 Å². The van der Waals surface area contributed by atoms with E-state index in [0.29, 0.717) is 6.54 Å². The molecular formula is C17H22F3N3O. The van der Waals surface area contributed by atoms with Crippen LogP contribution in [0.15, 0.2) is 12.1 Å². The van der Waals surface area contributed by atoms with Crippen molar-refractivity contribution in [3.05, 3.63) is 29.6 Å². The molecule has 2 heterocycles. The second-order valence-electron chi connectivity index (χ2n) is 6.50. The maximum Gasteiger partial charge on any atom is 0.322 e. The van der Waals surface area contributed by atoms with Crippen LogP contribution in [-0.4, -0.2) is 48.1 Å². The Balaban J connectivity index is 1.64. The Morgan fingerprint density at radius 3 is 2.54 bits per heavy atom. The average Bonchev–Trinajstić information content (AvgIpc) is 3.04. The normalized spacial score (nSPS) is 22.0. The highest BCUT2D eigenvalue weighted by atomic mass is 19.2. The molecule has 24 heavy (non-hydrogen) atoms. The number of halogens is 3. The molecule has 0 radical (unpaired) electrons. The maximum atomic E-state index is 13.7. The van der Waals surface area contributed by atoms with E-state index in [0.717, 1.165) is 44.6 Å². The van der Waals surface area contributed by atoms with Crippen LogP contribution in [0.2, 0.25) is 0 Å². The molecule has 0 saturated carbocycles. The largest absolute Gasteiger partial charge is 0.322 e. The van der Waals surface area contributed by atoms with Crippen molar-refractivity contribution < 1.29 is 18.0 Å². The standard InChI is InChI=1S/C17H22F3N3O/c18-13-6-7-14(16(20)15(13)19)21-17(24)23-10-4-5-12(23)11-22-8-2-1-3-9-22/h6-7,12H,1-5,8-11H2,(H,21,24). The van der Waals surface area contributed by atoms with E-state index in [4.69, 9.17) is 0 Å². The molecule has 2 amide bonds. The Labute approximate surface area is 139 Å². The van der Waals surface area contributed by atoms with Crippen LogP contribution in [0.5, 0.6) is 0 Å². The summed E-state index contributed by atoms with van der Waals surface area (Å²) >= 11 is 0. The van der Waals surface area contributed by atoms with Crippen molar-refractivity contribution in [2.75, 3.05) is 31.5 Å². The summed E-state index contributed by atoms with van der Waals surface area (Å²) in [6, 6.07) is 1.47. The van der Waals surface area contributed by atoms with Gasteiger partial charge in [-0.1, -0.05) is 6.42 Å². The smallest absolute Gasteiger partial charge is 0.320 e. The summed E-state index contributed by atoms with van der Waals surface area (Å²) in [5.74, 6) is -4.20. The van der Waals surface area contributed by atoms with Crippen molar-refractivity contribution in [2.24, 2.45) is 0 Å². The molecule has 7 heteroatoms. The number of urea groups is 1. The molecule has 4 nitrogen and oxygen atoms in total. The summed E-state index contributed by atoms with van der Waals surface area (Å²) in [5.41, 5.74) is -0.331. The molecule has 1 unspecified atom stereocenters. The Morgan fingerprint density at radius 2 is 1.79 bits per heavy atom. The van der Waals surface area contributed by atoms with Crippen molar-refractivity contribution in [3.8, 4) is 0 Å². The zero-order valence-electron chi connectivity index (χ0n) is 13.5. The van der Waals surface area contributed by atoms with Crippen molar-refractivity contribution >= 4 is 11.7 Å². The highest BCUT2D eigenvalue weighted by Crippen LogP contribution is 2.24. The molecule has 0 spiro atoms. The zero-order chi connectivity index (χ0) is 17.1. The predicted octanol–water partition coefficient (Wildman–Crippen LogP) is 3.59. The van der Waals surface area contributed by atoms with Crippen LogP contribution in [0.4, 0.5) is 23.7 Å². The molecule has 1 aromatic rings. The van der Waals surface area contributed by atoms with E-state index in [-0.39, 0.29) is 11.7 Å². The average molecular weight is 341 g/mol. The van der Waals surface area contributed by atoms with Crippen LogP contribution < -0.4 is 5.32 Å². The van der Waals surface area contributed by atoms with Crippen molar-refractivity contribution in [1.29, 1.82) is 0 Å². The highest BCUT2D eigenvalue weighted by Gasteiger charge is 2.31. The van der Waals surface area contributed by atoms with Crippen LogP contribution in [0.25, 0.3) is 0 Å². The number of anilines is 1. The van der Waals surface area contributed by atoms with E-state index in [1.165, 1.54) is 19.3 Å². The molecule has 0 aromatic heterocycles. The molecular weight excluding hydrogens is 319 g/mol. The van der Waals surface area contributed by atoms with Crippen molar-refractivity contribution in [3.63, 3.8) is 0 Å². The first-order valence-electron chi connectivity index (χ1n) is 8.49. The highest BCUT2D eigenvalue weighted by molar-refractivity contribution is 5.89. The van der Waals surface area contributed by atoms with E-state index < -0.39 is 23.5 Å². The number of rotatable bonds is 3. The molecule has 132 valence electrons. The molecule has 1 atom stereocenters.